The smallest absolute Gasteiger partial charge is 0.227 e. The SMILES string of the molecule is N#Cc1c(SCC(N)=O)nc2c(c1-c1cccs1)CCc1ccccc1-2. The Kier molecular flexibility index (Phi) is 4.49. The first kappa shape index (κ1) is 16.8. The Morgan fingerprint density at radius 3 is 2.85 bits per heavy atom. The highest BCUT2D eigenvalue weighted by molar-refractivity contribution is 8.00. The first-order valence-electron chi connectivity index (χ1n) is 8.19. The van der Waals surface area contributed by atoms with Crippen molar-refractivity contribution in [2.75, 3.05) is 5.75 Å². The van der Waals surface area contributed by atoms with E-state index in [0.717, 1.165) is 40.1 Å². The summed E-state index contributed by atoms with van der Waals surface area (Å²) in [5.41, 5.74) is 11.2. The van der Waals surface area contributed by atoms with Crippen LogP contribution in [0.2, 0.25) is 0 Å². The summed E-state index contributed by atoms with van der Waals surface area (Å²) < 4.78 is 0. The van der Waals surface area contributed by atoms with Crippen LogP contribution in [-0.2, 0) is 17.6 Å². The van der Waals surface area contributed by atoms with Gasteiger partial charge in [0.1, 0.15) is 11.1 Å². The Bertz CT molecular complexity index is 1040. The predicted octanol–water partition coefficient (Wildman–Crippen LogP) is 4.02. The van der Waals surface area contributed by atoms with E-state index in [1.165, 1.54) is 17.3 Å². The highest BCUT2D eigenvalue weighted by Crippen LogP contribution is 2.43. The third kappa shape index (κ3) is 2.90. The van der Waals surface area contributed by atoms with Gasteiger partial charge in [0.05, 0.1) is 17.0 Å². The van der Waals surface area contributed by atoms with E-state index < -0.39 is 5.91 Å². The van der Waals surface area contributed by atoms with Crippen molar-refractivity contribution in [3.63, 3.8) is 0 Å². The largest absolute Gasteiger partial charge is 0.369 e. The average molecular weight is 377 g/mol. The summed E-state index contributed by atoms with van der Waals surface area (Å²) in [5.74, 6) is -0.317. The highest BCUT2D eigenvalue weighted by atomic mass is 32.2. The lowest BCUT2D eigenvalue weighted by Crippen LogP contribution is -2.14. The Morgan fingerprint density at radius 1 is 1.27 bits per heavy atom. The molecule has 2 N–H and O–H groups in total. The summed E-state index contributed by atoms with van der Waals surface area (Å²) in [6, 6.07) is 14.6. The number of nitrogens with zero attached hydrogens (tertiary/aromatic N) is 2. The molecule has 26 heavy (non-hydrogen) atoms. The van der Waals surface area contributed by atoms with Crippen LogP contribution in [0.15, 0.2) is 46.8 Å². The van der Waals surface area contributed by atoms with Gasteiger partial charge in [0.15, 0.2) is 0 Å². The second-order valence-corrected chi connectivity index (χ2v) is 7.91. The van der Waals surface area contributed by atoms with Crippen molar-refractivity contribution in [2.24, 2.45) is 5.73 Å². The Hall–Kier alpha value is -2.62. The van der Waals surface area contributed by atoms with E-state index >= 15 is 0 Å². The molecule has 1 aromatic carbocycles. The molecule has 3 aromatic rings. The number of carbonyl (C=O) groups is 1. The number of hydrogen-bond acceptors (Lipinski definition) is 5. The van der Waals surface area contributed by atoms with E-state index in [-0.39, 0.29) is 5.75 Å². The van der Waals surface area contributed by atoms with E-state index in [1.54, 1.807) is 11.3 Å². The molecule has 0 saturated carbocycles. The molecule has 0 fully saturated rings. The van der Waals surface area contributed by atoms with Crippen LogP contribution in [0.3, 0.4) is 0 Å². The zero-order valence-electron chi connectivity index (χ0n) is 13.9. The number of benzene rings is 1. The number of fused-ring (bicyclic) bond motifs is 3. The van der Waals surface area contributed by atoms with Crippen LogP contribution in [0.4, 0.5) is 0 Å². The fraction of sp³-hybridized carbons (Fsp3) is 0.150. The lowest BCUT2D eigenvalue weighted by molar-refractivity contribution is -0.115. The van der Waals surface area contributed by atoms with Crippen molar-refractivity contribution >= 4 is 29.0 Å². The van der Waals surface area contributed by atoms with Crippen molar-refractivity contribution in [3.8, 4) is 27.8 Å². The van der Waals surface area contributed by atoms with E-state index in [0.29, 0.717) is 10.6 Å². The maximum Gasteiger partial charge on any atom is 0.227 e. The number of carbonyl (C=O) groups excluding carboxylic acids is 1. The molecule has 1 aliphatic rings. The van der Waals surface area contributed by atoms with Crippen molar-refractivity contribution in [2.45, 2.75) is 17.9 Å². The molecule has 2 heterocycles. The Labute approximate surface area is 159 Å². The second-order valence-electron chi connectivity index (χ2n) is 6.00. The van der Waals surface area contributed by atoms with Gasteiger partial charge in [0.2, 0.25) is 5.91 Å². The summed E-state index contributed by atoms with van der Waals surface area (Å²) in [7, 11) is 0. The third-order valence-electron chi connectivity index (χ3n) is 4.41. The fourth-order valence-electron chi connectivity index (χ4n) is 3.34. The molecule has 1 aliphatic carbocycles. The van der Waals surface area contributed by atoms with Crippen molar-refractivity contribution in [3.05, 3.63) is 58.5 Å². The molecule has 0 aliphatic heterocycles. The van der Waals surface area contributed by atoms with Gasteiger partial charge < -0.3 is 5.73 Å². The highest BCUT2D eigenvalue weighted by Gasteiger charge is 2.26. The van der Waals surface area contributed by atoms with Crippen LogP contribution in [0, 0.1) is 11.3 Å². The van der Waals surface area contributed by atoms with Gasteiger partial charge in [-0.05, 0) is 35.4 Å². The van der Waals surface area contributed by atoms with Crippen LogP contribution in [0.1, 0.15) is 16.7 Å². The van der Waals surface area contributed by atoms with E-state index in [4.69, 9.17) is 10.7 Å². The fourth-order valence-corrected chi connectivity index (χ4v) is 4.87. The second kappa shape index (κ2) is 6.94. The lowest BCUT2D eigenvalue weighted by Gasteiger charge is -2.23. The van der Waals surface area contributed by atoms with Crippen molar-refractivity contribution < 1.29 is 4.79 Å². The van der Waals surface area contributed by atoms with Gasteiger partial charge in [-0.25, -0.2) is 4.98 Å². The van der Waals surface area contributed by atoms with Gasteiger partial charge in [0.25, 0.3) is 0 Å². The third-order valence-corrected chi connectivity index (χ3v) is 6.30. The number of aryl methyl sites for hydroxylation is 1. The molecule has 0 bridgehead atoms. The topological polar surface area (TPSA) is 79.8 Å². The van der Waals surface area contributed by atoms with Crippen LogP contribution < -0.4 is 5.73 Å². The number of thioether (sulfide) groups is 1. The van der Waals surface area contributed by atoms with E-state index in [9.17, 15) is 10.1 Å². The molecule has 128 valence electrons. The normalized spacial score (nSPS) is 12.1. The summed E-state index contributed by atoms with van der Waals surface area (Å²) in [5, 5.41) is 12.4. The number of nitriles is 1. The van der Waals surface area contributed by atoms with Gasteiger partial charge >= 0.3 is 0 Å². The van der Waals surface area contributed by atoms with Gasteiger partial charge in [0, 0.05) is 16.0 Å². The minimum absolute atomic E-state index is 0.103. The molecular weight excluding hydrogens is 362 g/mol. The molecule has 2 aromatic heterocycles. The number of primary amides is 1. The summed E-state index contributed by atoms with van der Waals surface area (Å²) in [4.78, 5) is 17.1. The number of amides is 1. The minimum atomic E-state index is -0.420. The summed E-state index contributed by atoms with van der Waals surface area (Å²) in [6.07, 6.45) is 1.78. The number of thiophene rings is 1. The minimum Gasteiger partial charge on any atom is -0.369 e. The molecule has 4 nitrogen and oxygen atoms in total. The van der Waals surface area contributed by atoms with Crippen LogP contribution >= 0.6 is 23.1 Å². The van der Waals surface area contributed by atoms with Gasteiger partial charge in [-0.1, -0.05) is 42.1 Å². The van der Waals surface area contributed by atoms with E-state index in [1.807, 2.05) is 29.6 Å². The molecule has 0 unspecified atom stereocenters. The molecular formula is C20H15N3OS2. The summed E-state index contributed by atoms with van der Waals surface area (Å²) >= 11 is 2.85. The zero-order valence-corrected chi connectivity index (χ0v) is 15.5. The van der Waals surface area contributed by atoms with Gasteiger partial charge in [-0.3, -0.25) is 4.79 Å². The Morgan fingerprint density at radius 2 is 2.12 bits per heavy atom. The number of hydrogen-bond donors (Lipinski definition) is 1. The van der Waals surface area contributed by atoms with Crippen LogP contribution in [0.5, 0.6) is 0 Å². The van der Waals surface area contributed by atoms with E-state index in [2.05, 4.69) is 18.2 Å². The lowest BCUT2D eigenvalue weighted by atomic mass is 9.85. The summed E-state index contributed by atoms with van der Waals surface area (Å²) in [6.45, 7) is 0. The molecule has 4 rings (SSSR count). The van der Waals surface area contributed by atoms with Crippen LogP contribution in [0.25, 0.3) is 21.7 Å². The number of aromatic nitrogens is 1. The number of pyridine rings is 1. The van der Waals surface area contributed by atoms with Crippen molar-refractivity contribution in [1.29, 1.82) is 5.26 Å². The molecule has 1 amide bonds. The number of rotatable bonds is 4. The maximum atomic E-state index is 11.3. The van der Waals surface area contributed by atoms with Gasteiger partial charge in [-0.2, -0.15) is 5.26 Å². The van der Waals surface area contributed by atoms with Crippen molar-refractivity contribution in [1.82, 2.24) is 4.98 Å². The standard InChI is InChI=1S/C20H15N3OS2/c21-10-15-18(16-6-3-9-25-16)14-8-7-12-4-1-2-5-13(12)19(14)23-20(15)26-11-17(22)24/h1-6,9H,7-8,11H2,(H2,22,24). The molecule has 0 spiro atoms. The predicted molar refractivity (Wildman–Crippen MR) is 105 cm³/mol. The molecule has 0 saturated heterocycles. The quantitative estimate of drug-likeness (QED) is 0.696. The maximum absolute atomic E-state index is 11.3. The Balaban J connectivity index is 2.00. The monoisotopic (exact) mass is 377 g/mol. The first-order chi connectivity index (χ1) is 12.7. The zero-order chi connectivity index (χ0) is 18.1. The first-order valence-corrected chi connectivity index (χ1v) is 10.1. The van der Waals surface area contributed by atoms with Gasteiger partial charge in [-0.15, -0.1) is 11.3 Å². The van der Waals surface area contributed by atoms with Crippen LogP contribution in [-0.4, -0.2) is 16.6 Å². The number of nitrogens with two attached hydrogens (primary N) is 1. The molecule has 6 heteroatoms. The molecule has 0 atom stereocenters. The molecule has 0 radical (unpaired) electrons. The average Bonchev–Trinajstić information content (AvgIpc) is 3.19.